The molecule has 0 aliphatic carbocycles. The Labute approximate surface area is 115 Å². The van der Waals surface area contributed by atoms with Crippen LogP contribution in [0, 0.1) is 0 Å². The van der Waals surface area contributed by atoms with Crippen molar-refractivity contribution < 1.29 is 19.7 Å². The highest BCUT2D eigenvalue weighted by molar-refractivity contribution is 6.35. The molecule has 2 N–H and O–H groups in total. The van der Waals surface area contributed by atoms with Crippen molar-refractivity contribution in [2.75, 3.05) is 0 Å². The van der Waals surface area contributed by atoms with Gasteiger partial charge in [0.1, 0.15) is 0 Å². The van der Waals surface area contributed by atoms with Crippen LogP contribution in [0.4, 0.5) is 0 Å². The second-order valence-corrected chi connectivity index (χ2v) is 4.81. The summed E-state index contributed by atoms with van der Waals surface area (Å²) in [5.41, 5.74) is 0.307. The van der Waals surface area contributed by atoms with E-state index in [0.29, 0.717) is 10.6 Å². The lowest BCUT2D eigenvalue weighted by Crippen LogP contribution is -2.28. The quantitative estimate of drug-likeness (QED) is 0.876. The van der Waals surface area contributed by atoms with Crippen molar-refractivity contribution in [3.8, 4) is 0 Å². The second-order valence-electron chi connectivity index (χ2n) is 3.97. The summed E-state index contributed by atoms with van der Waals surface area (Å²) < 4.78 is 5.30. The molecule has 0 aliphatic heterocycles. The number of hydrogen-bond donors (Lipinski definition) is 2. The second kappa shape index (κ2) is 6.38. The van der Waals surface area contributed by atoms with E-state index in [2.05, 4.69) is 0 Å². The van der Waals surface area contributed by atoms with E-state index in [4.69, 9.17) is 33.0 Å². The summed E-state index contributed by atoms with van der Waals surface area (Å²) in [4.78, 5) is 11.2. The van der Waals surface area contributed by atoms with E-state index in [0.717, 1.165) is 0 Å². The predicted molar refractivity (Wildman–Crippen MR) is 69.1 cm³/mol. The summed E-state index contributed by atoms with van der Waals surface area (Å²) in [6, 6.07) is 4.48. The molecule has 0 saturated heterocycles. The number of halogens is 2. The Hall–Kier alpha value is -0.810. The normalized spacial score (nSPS) is 16.1. The molecule has 0 radical (unpaired) electrons. The summed E-state index contributed by atoms with van der Waals surface area (Å²) in [6.07, 6.45) is -2.64. The Morgan fingerprint density at radius 1 is 1.33 bits per heavy atom. The molecule has 0 amide bonds. The monoisotopic (exact) mass is 292 g/mol. The van der Waals surface area contributed by atoms with E-state index in [9.17, 15) is 9.90 Å². The van der Waals surface area contributed by atoms with Gasteiger partial charge in [0.2, 0.25) is 0 Å². The largest absolute Gasteiger partial charge is 0.479 e. The summed E-state index contributed by atoms with van der Waals surface area (Å²) in [5.74, 6) is -1.17. The van der Waals surface area contributed by atoms with Crippen molar-refractivity contribution in [3.05, 3.63) is 33.8 Å². The molecular formula is C12H14Cl2O4. The molecule has 4 nitrogen and oxygen atoms in total. The van der Waals surface area contributed by atoms with Gasteiger partial charge in [0, 0.05) is 15.6 Å². The van der Waals surface area contributed by atoms with Gasteiger partial charge in [-0.1, -0.05) is 29.3 Å². The maximum absolute atomic E-state index is 11.2. The van der Waals surface area contributed by atoms with E-state index >= 15 is 0 Å². The van der Waals surface area contributed by atoms with Crippen molar-refractivity contribution in [1.29, 1.82) is 0 Å². The first-order chi connectivity index (χ1) is 8.32. The average molecular weight is 293 g/mol. The number of benzene rings is 1. The van der Waals surface area contributed by atoms with Gasteiger partial charge in [-0.3, -0.25) is 0 Å². The van der Waals surface area contributed by atoms with Gasteiger partial charge in [0.15, 0.2) is 6.10 Å². The van der Waals surface area contributed by atoms with E-state index in [1.54, 1.807) is 6.92 Å². The molecule has 0 fully saturated rings. The van der Waals surface area contributed by atoms with Crippen molar-refractivity contribution in [1.82, 2.24) is 0 Å². The molecule has 0 bridgehead atoms. The third kappa shape index (κ3) is 3.85. The Morgan fingerprint density at radius 2 is 1.94 bits per heavy atom. The minimum absolute atomic E-state index is 0.215. The summed E-state index contributed by atoms with van der Waals surface area (Å²) >= 11 is 11.7. The van der Waals surface area contributed by atoms with Crippen LogP contribution in [0.1, 0.15) is 25.5 Å². The van der Waals surface area contributed by atoms with E-state index in [-0.39, 0.29) is 5.02 Å². The molecule has 0 aliphatic rings. The summed E-state index contributed by atoms with van der Waals surface area (Å²) in [6.45, 7) is 3.11. The van der Waals surface area contributed by atoms with Crippen molar-refractivity contribution in [2.45, 2.75) is 32.2 Å². The first-order valence-corrected chi connectivity index (χ1v) is 6.09. The minimum atomic E-state index is -1.24. The van der Waals surface area contributed by atoms with Crippen LogP contribution in [0.5, 0.6) is 0 Å². The third-order valence-electron chi connectivity index (χ3n) is 2.50. The van der Waals surface area contributed by atoms with Gasteiger partial charge in [-0.25, -0.2) is 4.79 Å². The van der Waals surface area contributed by atoms with Crippen LogP contribution in [-0.4, -0.2) is 28.4 Å². The maximum atomic E-state index is 11.2. The zero-order valence-electron chi connectivity index (χ0n) is 9.93. The maximum Gasteiger partial charge on any atom is 0.337 e. The van der Waals surface area contributed by atoms with Crippen LogP contribution in [0.3, 0.4) is 0 Å². The molecule has 1 rings (SSSR count). The predicted octanol–water partition coefficient (Wildman–Crippen LogP) is 2.91. The third-order valence-corrected chi connectivity index (χ3v) is 3.06. The molecule has 0 spiro atoms. The summed E-state index contributed by atoms with van der Waals surface area (Å²) in [7, 11) is 0. The highest BCUT2D eigenvalue weighted by Crippen LogP contribution is 2.29. The van der Waals surface area contributed by atoms with Crippen LogP contribution in [0.25, 0.3) is 0 Å². The zero-order chi connectivity index (χ0) is 13.9. The van der Waals surface area contributed by atoms with E-state index < -0.39 is 24.3 Å². The molecule has 1 aromatic rings. The number of carboxylic acid groups (broad SMARTS) is 1. The molecule has 18 heavy (non-hydrogen) atoms. The van der Waals surface area contributed by atoms with Gasteiger partial charge >= 0.3 is 5.97 Å². The lowest BCUT2D eigenvalue weighted by molar-refractivity contribution is -0.158. The van der Waals surface area contributed by atoms with Crippen molar-refractivity contribution in [3.63, 3.8) is 0 Å². The van der Waals surface area contributed by atoms with Gasteiger partial charge in [0.05, 0.1) is 12.2 Å². The average Bonchev–Trinajstić information content (AvgIpc) is 2.26. The van der Waals surface area contributed by atoms with Crippen molar-refractivity contribution >= 4 is 29.2 Å². The first-order valence-electron chi connectivity index (χ1n) is 5.34. The van der Waals surface area contributed by atoms with E-state index in [1.165, 1.54) is 25.1 Å². The van der Waals surface area contributed by atoms with Gasteiger partial charge in [0.25, 0.3) is 0 Å². The van der Waals surface area contributed by atoms with Gasteiger partial charge in [-0.15, -0.1) is 0 Å². The van der Waals surface area contributed by atoms with Crippen LogP contribution >= 0.6 is 23.2 Å². The molecule has 1 aromatic carbocycles. The first kappa shape index (κ1) is 15.2. The van der Waals surface area contributed by atoms with E-state index in [1.807, 2.05) is 0 Å². The Bertz CT molecular complexity index is 434. The minimum Gasteiger partial charge on any atom is -0.479 e. The number of carboxylic acids is 1. The number of aliphatic carboxylic acids is 1. The molecule has 0 heterocycles. The lowest BCUT2D eigenvalue weighted by Gasteiger charge is -2.22. The molecule has 0 aromatic heterocycles. The Kier molecular flexibility index (Phi) is 5.41. The van der Waals surface area contributed by atoms with Crippen LogP contribution in [0.15, 0.2) is 18.2 Å². The highest BCUT2D eigenvalue weighted by atomic mass is 35.5. The van der Waals surface area contributed by atoms with Gasteiger partial charge < -0.3 is 14.9 Å². The summed E-state index contributed by atoms with van der Waals surface area (Å²) in [5, 5.41) is 19.1. The van der Waals surface area contributed by atoms with Crippen LogP contribution in [0.2, 0.25) is 10.0 Å². The molecule has 3 unspecified atom stereocenters. The molecule has 0 saturated carbocycles. The molecule has 100 valence electrons. The number of hydrogen-bond acceptors (Lipinski definition) is 3. The van der Waals surface area contributed by atoms with Crippen LogP contribution < -0.4 is 0 Å². The SMILES string of the molecule is CC(O)C(C)OC(C(=O)O)c1ccc(Cl)cc1Cl. The number of rotatable bonds is 5. The fourth-order valence-corrected chi connectivity index (χ4v) is 1.81. The zero-order valence-corrected chi connectivity index (χ0v) is 11.4. The fraction of sp³-hybridized carbons (Fsp3) is 0.417. The topological polar surface area (TPSA) is 66.8 Å². The van der Waals surface area contributed by atoms with Crippen molar-refractivity contribution in [2.24, 2.45) is 0 Å². The van der Waals surface area contributed by atoms with Gasteiger partial charge in [-0.2, -0.15) is 0 Å². The van der Waals surface area contributed by atoms with Crippen LogP contribution in [-0.2, 0) is 9.53 Å². The Balaban J connectivity index is 3.01. The number of ether oxygens (including phenoxy) is 1. The fourth-order valence-electron chi connectivity index (χ4n) is 1.31. The standard InChI is InChI=1S/C12H14Cl2O4/c1-6(15)7(2)18-11(12(16)17)9-4-3-8(13)5-10(9)14/h3-7,11,15H,1-2H3,(H,16,17). The Morgan fingerprint density at radius 3 is 2.39 bits per heavy atom. The lowest BCUT2D eigenvalue weighted by atomic mass is 10.1. The smallest absolute Gasteiger partial charge is 0.337 e. The van der Waals surface area contributed by atoms with Gasteiger partial charge in [-0.05, 0) is 26.0 Å². The molecule has 6 heteroatoms. The highest BCUT2D eigenvalue weighted by Gasteiger charge is 2.26. The molecular weight excluding hydrogens is 279 g/mol. The number of carbonyl (C=O) groups is 1. The number of aliphatic hydroxyl groups excluding tert-OH is 1. The molecule has 3 atom stereocenters. The number of aliphatic hydroxyl groups is 1.